The van der Waals surface area contributed by atoms with Crippen molar-refractivity contribution in [3.63, 3.8) is 0 Å². The van der Waals surface area contributed by atoms with Crippen LogP contribution in [0.4, 0.5) is 5.82 Å². The lowest BCUT2D eigenvalue weighted by Crippen LogP contribution is -2.09. The molecule has 0 unspecified atom stereocenters. The molecule has 0 amide bonds. The highest BCUT2D eigenvalue weighted by atomic mass is 79.9. The van der Waals surface area contributed by atoms with Crippen molar-refractivity contribution in [1.29, 1.82) is 0 Å². The second kappa shape index (κ2) is 6.37. The summed E-state index contributed by atoms with van der Waals surface area (Å²) in [6.45, 7) is 4.00. The van der Waals surface area contributed by atoms with Crippen LogP contribution < -0.4 is 5.73 Å². The predicted molar refractivity (Wildman–Crippen MR) is 82.3 cm³/mol. The number of rotatable bonds is 1. The molecule has 0 saturated heterocycles. The van der Waals surface area contributed by atoms with Gasteiger partial charge < -0.3 is 5.73 Å². The van der Waals surface area contributed by atoms with E-state index in [1.165, 1.54) is 32.1 Å². The Labute approximate surface area is 122 Å². The molecule has 19 heavy (non-hydrogen) atoms. The summed E-state index contributed by atoms with van der Waals surface area (Å²) in [6.07, 6.45) is 8.16. The van der Waals surface area contributed by atoms with Crippen LogP contribution in [0.25, 0.3) is 5.65 Å². The molecule has 0 aromatic carbocycles. The third kappa shape index (κ3) is 2.91. The fourth-order valence-electron chi connectivity index (χ4n) is 2.59. The smallest absolute Gasteiger partial charge is 0.171 e. The van der Waals surface area contributed by atoms with Gasteiger partial charge in [0.05, 0.1) is 10.7 Å². The lowest BCUT2D eigenvalue weighted by molar-refractivity contribution is 0.437. The van der Waals surface area contributed by atoms with E-state index in [-0.39, 0.29) is 0 Å². The zero-order chi connectivity index (χ0) is 13.8. The highest BCUT2D eigenvalue weighted by molar-refractivity contribution is 9.10. The number of halogens is 1. The van der Waals surface area contributed by atoms with Crippen molar-refractivity contribution in [1.82, 2.24) is 14.6 Å². The molecule has 2 heterocycles. The van der Waals surface area contributed by atoms with Crippen LogP contribution in [-0.4, -0.2) is 14.6 Å². The molecule has 0 spiro atoms. The topological polar surface area (TPSA) is 56.2 Å². The Morgan fingerprint density at radius 1 is 1.26 bits per heavy atom. The van der Waals surface area contributed by atoms with Crippen LogP contribution in [-0.2, 0) is 0 Å². The van der Waals surface area contributed by atoms with Gasteiger partial charge in [0, 0.05) is 17.7 Å². The normalized spacial score (nSPS) is 16.2. The second-order valence-electron chi connectivity index (χ2n) is 4.67. The molecule has 104 valence electrons. The van der Waals surface area contributed by atoms with E-state index >= 15 is 0 Å². The minimum absolute atomic E-state index is 0.567. The van der Waals surface area contributed by atoms with Gasteiger partial charge in [-0.2, -0.15) is 9.61 Å². The molecule has 4 nitrogen and oxygen atoms in total. The Kier molecular flexibility index (Phi) is 4.80. The monoisotopic (exact) mass is 324 g/mol. The maximum Gasteiger partial charge on any atom is 0.171 e. The zero-order valence-electron chi connectivity index (χ0n) is 11.6. The fourth-order valence-corrected chi connectivity index (χ4v) is 2.93. The van der Waals surface area contributed by atoms with Gasteiger partial charge in [-0.15, -0.1) is 0 Å². The van der Waals surface area contributed by atoms with E-state index in [1.54, 1.807) is 10.7 Å². The summed E-state index contributed by atoms with van der Waals surface area (Å²) in [5.41, 5.74) is 7.96. The van der Waals surface area contributed by atoms with E-state index in [0.717, 1.165) is 15.8 Å². The first-order valence-electron chi connectivity index (χ1n) is 7.05. The third-order valence-electron chi connectivity index (χ3n) is 3.50. The molecule has 0 bridgehead atoms. The first kappa shape index (κ1) is 14.3. The number of hydrogen-bond acceptors (Lipinski definition) is 3. The number of nitrogens with two attached hydrogens (primary N) is 1. The van der Waals surface area contributed by atoms with Gasteiger partial charge >= 0.3 is 0 Å². The van der Waals surface area contributed by atoms with Crippen LogP contribution in [0, 0.1) is 0 Å². The molecule has 2 aromatic rings. The maximum atomic E-state index is 6.02. The number of hydrogen-bond donors (Lipinski definition) is 1. The minimum atomic E-state index is 0.567. The van der Waals surface area contributed by atoms with Crippen LogP contribution in [0.15, 0.2) is 16.7 Å². The second-order valence-corrected chi connectivity index (χ2v) is 5.52. The van der Waals surface area contributed by atoms with E-state index in [0.29, 0.717) is 11.7 Å². The standard InChI is InChI=1S/C12H15BrN4.C2H6/c13-9-7-15-17-11(14)6-10(16-12(9)17)8-4-2-1-3-5-8;1-2/h6-8H,1-5,14H2;1-2H3. The van der Waals surface area contributed by atoms with Crippen molar-refractivity contribution < 1.29 is 0 Å². The van der Waals surface area contributed by atoms with Crippen LogP contribution in [0.3, 0.4) is 0 Å². The number of anilines is 1. The molecule has 0 aliphatic heterocycles. The summed E-state index contributed by atoms with van der Waals surface area (Å²) in [6, 6.07) is 1.97. The van der Waals surface area contributed by atoms with Crippen molar-refractivity contribution in [3.8, 4) is 0 Å². The number of nitrogen functional groups attached to an aromatic ring is 1. The van der Waals surface area contributed by atoms with Crippen LogP contribution in [0.2, 0.25) is 0 Å². The largest absolute Gasteiger partial charge is 0.384 e. The van der Waals surface area contributed by atoms with Crippen LogP contribution in [0.1, 0.15) is 57.6 Å². The Bertz CT molecular complexity index is 544. The predicted octanol–water partition coefficient (Wildman–Crippen LogP) is 4.15. The fraction of sp³-hybridized carbons (Fsp3) is 0.571. The maximum absolute atomic E-state index is 6.02. The number of aromatic nitrogens is 3. The highest BCUT2D eigenvalue weighted by Crippen LogP contribution is 2.33. The lowest BCUT2D eigenvalue weighted by Gasteiger charge is -2.21. The highest BCUT2D eigenvalue weighted by Gasteiger charge is 2.19. The van der Waals surface area contributed by atoms with E-state index in [2.05, 4.69) is 21.0 Å². The molecule has 5 heteroatoms. The summed E-state index contributed by atoms with van der Waals surface area (Å²) in [7, 11) is 0. The van der Waals surface area contributed by atoms with Gasteiger partial charge in [-0.1, -0.05) is 33.1 Å². The summed E-state index contributed by atoms with van der Waals surface area (Å²) in [5.74, 6) is 1.24. The van der Waals surface area contributed by atoms with E-state index in [1.807, 2.05) is 19.9 Å². The Hall–Kier alpha value is -1.10. The molecule has 1 fully saturated rings. The Morgan fingerprint density at radius 2 is 1.95 bits per heavy atom. The third-order valence-corrected chi connectivity index (χ3v) is 4.06. The van der Waals surface area contributed by atoms with Gasteiger partial charge in [-0.05, 0) is 28.8 Å². The molecule has 0 atom stereocenters. The van der Waals surface area contributed by atoms with Crippen molar-refractivity contribution >= 4 is 27.4 Å². The zero-order valence-corrected chi connectivity index (χ0v) is 13.2. The lowest BCUT2D eigenvalue weighted by atomic mass is 9.87. The van der Waals surface area contributed by atoms with Crippen molar-refractivity contribution in [3.05, 3.63) is 22.4 Å². The van der Waals surface area contributed by atoms with Gasteiger partial charge in [-0.25, -0.2) is 4.98 Å². The van der Waals surface area contributed by atoms with Gasteiger partial charge in [-0.3, -0.25) is 0 Å². The average Bonchev–Trinajstić information content (AvgIpc) is 2.84. The van der Waals surface area contributed by atoms with Gasteiger partial charge in [0.25, 0.3) is 0 Å². The first-order valence-corrected chi connectivity index (χ1v) is 7.84. The molecule has 0 radical (unpaired) electrons. The summed E-state index contributed by atoms with van der Waals surface area (Å²) in [5, 5.41) is 4.19. The first-order chi connectivity index (χ1) is 9.25. The van der Waals surface area contributed by atoms with E-state index < -0.39 is 0 Å². The average molecular weight is 325 g/mol. The summed E-state index contributed by atoms with van der Waals surface area (Å²) >= 11 is 3.46. The van der Waals surface area contributed by atoms with Crippen molar-refractivity contribution in [2.45, 2.75) is 51.9 Å². The van der Waals surface area contributed by atoms with Crippen LogP contribution in [0.5, 0.6) is 0 Å². The van der Waals surface area contributed by atoms with Gasteiger partial charge in [0.15, 0.2) is 5.65 Å². The van der Waals surface area contributed by atoms with E-state index in [4.69, 9.17) is 10.7 Å². The molecule has 2 aromatic heterocycles. The SMILES string of the molecule is CC.Nc1cc(C2CCCCC2)nc2c(Br)cnn12. The van der Waals surface area contributed by atoms with Gasteiger partial charge in [0.2, 0.25) is 0 Å². The summed E-state index contributed by atoms with van der Waals surface area (Å²) in [4.78, 5) is 4.69. The number of nitrogens with zero attached hydrogens (tertiary/aromatic N) is 3. The summed E-state index contributed by atoms with van der Waals surface area (Å²) < 4.78 is 2.58. The minimum Gasteiger partial charge on any atom is -0.384 e. The van der Waals surface area contributed by atoms with Crippen molar-refractivity contribution in [2.75, 3.05) is 5.73 Å². The molecule has 3 rings (SSSR count). The molecular formula is C14H21BrN4. The molecule has 2 N–H and O–H groups in total. The molecule has 1 saturated carbocycles. The van der Waals surface area contributed by atoms with Crippen molar-refractivity contribution in [2.24, 2.45) is 0 Å². The quantitative estimate of drug-likeness (QED) is 0.857. The van der Waals surface area contributed by atoms with E-state index in [9.17, 15) is 0 Å². The molecule has 1 aliphatic rings. The van der Waals surface area contributed by atoms with Gasteiger partial charge in [0.1, 0.15) is 5.82 Å². The van der Waals surface area contributed by atoms with Crippen LogP contribution >= 0.6 is 15.9 Å². The molecular weight excluding hydrogens is 304 g/mol. The molecule has 1 aliphatic carbocycles. The number of fused-ring (bicyclic) bond motifs is 1. The Morgan fingerprint density at radius 3 is 2.63 bits per heavy atom. The Balaban J connectivity index is 0.000000637.